The first-order valence-corrected chi connectivity index (χ1v) is 9.39. The molecule has 8 heteroatoms. The summed E-state index contributed by atoms with van der Waals surface area (Å²) in [7, 11) is 0. The van der Waals surface area contributed by atoms with Crippen molar-refractivity contribution < 1.29 is 18.7 Å². The maximum absolute atomic E-state index is 13.2. The van der Waals surface area contributed by atoms with Gasteiger partial charge in [-0.25, -0.2) is 9.37 Å². The molecule has 156 valence electrons. The summed E-state index contributed by atoms with van der Waals surface area (Å²) in [5.74, 6) is -0.542. The first-order chi connectivity index (χ1) is 14.9. The third-order valence-corrected chi connectivity index (χ3v) is 4.28. The van der Waals surface area contributed by atoms with Gasteiger partial charge in [-0.1, -0.05) is 12.1 Å². The number of amides is 2. The lowest BCUT2D eigenvalue weighted by Crippen LogP contribution is -2.33. The van der Waals surface area contributed by atoms with E-state index in [4.69, 9.17) is 10.00 Å². The first-order valence-electron chi connectivity index (χ1n) is 9.39. The van der Waals surface area contributed by atoms with Gasteiger partial charge in [0.25, 0.3) is 0 Å². The van der Waals surface area contributed by atoms with Crippen LogP contribution in [-0.4, -0.2) is 23.3 Å². The fourth-order valence-corrected chi connectivity index (χ4v) is 2.78. The van der Waals surface area contributed by atoms with Gasteiger partial charge >= 0.3 is 0 Å². The molecular weight excluding hydrogens is 399 g/mol. The van der Waals surface area contributed by atoms with Gasteiger partial charge < -0.3 is 15.4 Å². The Morgan fingerprint density at radius 1 is 1.13 bits per heavy atom. The number of aromatic nitrogens is 1. The van der Waals surface area contributed by atoms with Crippen LogP contribution in [0.3, 0.4) is 0 Å². The van der Waals surface area contributed by atoms with E-state index in [-0.39, 0.29) is 24.8 Å². The monoisotopic (exact) mass is 418 g/mol. The third kappa shape index (κ3) is 6.11. The van der Waals surface area contributed by atoms with Gasteiger partial charge in [-0.05, 0) is 60.5 Å². The Labute approximate surface area is 178 Å². The van der Waals surface area contributed by atoms with Gasteiger partial charge in [0.05, 0.1) is 13.0 Å². The van der Waals surface area contributed by atoms with Crippen LogP contribution in [0, 0.1) is 24.1 Å². The molecule has 0 atom stereocenters. The number of aryl methyl sites for hydroxylation is 1. The molecule has 0 aliphatic heterocycles. The Bertz CT molecular complexity index is 1160. The second-order valence-electron chi connectivity index (χ2n) is 6.68. The molecule has 0 unspecified atom stereocenters. The molecule has 0 radical (unpaired) electrons. The Morgan fingerprint density at radius 2 is 1.97 bits per heavy atom. The topological polar surface area (TPSA) is 104 Å². The number of rotatable bonds is 7. The normalized spacial score (nSPS) is 10.1. The molecule has 2 aromatic carbocycles. The summed E-state index contributed by atoms with van der Waals surface area (Å²) in [5, 5.41) is 14.3. The van der Waals surface area contributed by atoms with Crippen LogP contribution in [-0.2, 0) is 16.0 Å². The largest absolute Gasteiger partial charge is 0.438 e. The highest BCUT2D eigenvalue weighted by molar-refractivity contribution is 5.95. The molecule has 0 saturated heterocycles. The first kappa shape index (κ1) is 21.5. The van der Waals surface area contributed by atoms with Crippen molar-refractivity contribution in [3.63, 3.8) is 0 Å². The summed E-state index contributed by atoms with van der Waals surface area (Å²) < 4.78 is 18.8. The predicted molar refractivity (Wildman–Crippen MR) is 112 cm³/mol. The zero-order valence-electron chi connectivity index (χ0n) is 16.7. The molecule has 31 heavy (non-hydrogen) atoms. The predicted octanol–water partition coefficient (Wildman–Crippen LogP) is 3.49. The molecule has 2 amide bonds. The van der Waals surface area contributed by atoms with Gasteiger partial charge in [0.15, 0.2) is 0 Å². The zero-order chi connectivity index (χ0) is 22.2. The lowest BCUT2D eigenvalue weighted by molar-refractivity contribution is -0.123. The highest BCUT2D eigenvalue weighted by Gasteiger charge is 2.11. The number of carbonyl (C=O) groups excluding carboxylic acids is 2. The van der Waals surface area contributed by atoms with Crippen LogP contribution in [0.5, 0.6) is 11.6 Å². The summed E-state index contributed by atoms with van der Waals surface area (Å²) in [6.45, 7) is 1.57. The second kappa shape index (κ2) is 9.98. The van der Waals surface area contributed by atoms with Crippen LogP contribution >= 0.6 is 0 Å². The third-order valence-electron chi connectivity index (χ3n) is 4.28. The van der Waals surface area contributed by atoms with Gasteiger partial charge in [-0.15, -0.1) is 0 Å². The Balaban J connectivity index is 1.54. The van der Waals surface area contributed by atoms with E-state index >= 15 is 0 Å². The molecule has 3 aromatic rings. The van der Waals surface area contributed by atoms with E-state index < -0.39 is 11.7 Å². The molecule has 3 rings (SSSR count). The van der Waals surface area contributed by atoms with E-state index in [0.717, 1.165) is 5.56 Å². The maximum Gasteiger partial charge on any atom is 0.243 e. The average Bonchev–Trinajstić information content (AvgIpc) is 2.74. The number of ether oxygens (including phenoxy) is 1. The summed E-state index contributed by atoms with van der Waals surface area (Å²) in [6, 6.07) is 16.0. The smallest absolute Gasteiger partial charge is 0.243 e. The number of nitrogens with one attached hydrogen (secondary N) is 2. The van der Waals surface area contributed by atoms with Gasteiger partial charge in [0.2, 0.25) is 17.7 Å². The van der Waals surface area contributed by atoms with Gasteiger partial charge in [-0.2, -0.15) is 5.26 Å². The number of benzene rings is 2. The molecule has 0 saturated carbocycles. The number of carbonyl (C=O) groups is 2. The quantitative estimate of drug-likeness (QED) is 0.611. The van der Waals surface area contributed by atoms with Crippen molar-refractivity contribution in [2.24, 2.45) is 0 Å². The Kier molecular flexibility index (Phi) is 6.91. The lowest BCUT2D eigenvalue weighted by Gasteiger charge is -2.12. The van der Waals surface area contributed by atoms with Crippen LogP contribution in [0.4, 0.5) is 10.1 Å². The summed E-state index contributed by atoms with van der Waals surface area (Å²) in [5.41, 5.74) is 2.12. The number of hydrogen-bond acceptors (Lipinski definition) is 5. The highest BCUT2D eigenvalue weighted by atomic mass is 19.1. The van der Waals surface area contributed by atoms with Crippen molar-refractivity contribution in [2.75, 3.05) is 11.9 Å². The van der Waals surface area contributed by atoms with E-state index in [9.17, 15) is 14.0 Å². The average molecular weight is 418 g/mol. The van der Waals surface area contributed by atoms with Crippen molar-refractivity contribution in [2.45, 2.75) is 13.3 Å². The van der Waals surface area contributed by atoms with Crippen molar-refractivity contribution in [1.82, 2.24) is 10.3 Å². The van der Waals surface area contributed by atoms with E-state index in [2.05, 4.69) is 15.6 Å². The van der Waals surface area contributed by atoms with Crippen molar-refractivity contribution >= 4 is 17.5 Å². The molecule has 1 heterocycles. The standard InChI is InChI=1S/C23H19FN4O3/c1-15-10-19(31-23-17(13-25)5-3-9-26-23)7-8-20(15)28-22(30)14-27-21(29)12-16-4-2-6-18(24)11-16/h2-11H,12,14H2,1H3,(H,27,29)(H,28,30). The molecule has 7 nitrogen and oxygen atoms in total. The van der Waals surface area contributed by atoms with Gasteiger partial charge in [-0.3, -0.25) is 9.59 Å². The fourth-order valence-electron chi connectivity index (χ4n) is 2.78. The van der Waals surface area contributed by atoms with Crippen LogP contribution in [0.1, 0.15) is 16.7 Å². The number of anilines is 1. The number of nitrogens with zero attached hydrogens (tertiary/aromatic N) is 2. The number of nitriles is 1. The highest BCUT2D eigenvalue weighted by Crippen LogP contribution is 2.26. The van der Waals surface area contributed by atoms with E-state index in [0.29, 0.717) is 22.6 Å². The van der Waals surface area contributed by atoms with Gasteiger partial charge in [0, 0.05) is 11.9 Å². The van der Waals surface area contributed by atoms with Gasteiger partial charge in [0.1, 0.15) is 23.2 Å². The summed E-state index contributed by atoms with van der Waals surface area (Å²) >= 11 is 0. The number of hydrogen-bond donors (Lipinski definition) is 2. The minimum absolute atomic E-state index is 0.0195. The SMILES string of the molecule is Cc1cc(Oc2ncccc2C#N)ccc1NC(=O)CNC(=O)Cc1cccc(F)c1. The molecule has 0 fully saturated rings. The van der Waals surface area contributed by atoms with Crippen molar-refractivity contribution in [3.05, 3.63) is 83.3 Å². The van der Waals surface area contributed by atoms with E-state index in [1.165, 1.54) is 24.4 Å². The summed E-state index contributed by atoms with van der Waals surface area (Å²) in [4.78, 5) is 28.2. The van der Waals surface area contributed by atoms with Crippen LogP contribution in [0.15, 0.2) is 60.8 Å². The second-order valence-corrected chi connectivity index (χ2v) is 6.68. The van der Waals surface area contributed by atoms with Crippen LogP contribution in [0.2, 0.25) is 0 Å². The molecule has 0 bridgehead atoms. The molecule has 1 aromatic heterocycles. The molecule has 0 spiro atoms. The molecule has 2 N–H and O–H groups in total. The Morgan fingerprint density at radius 3 is 2.71 bits per heavy atom. The van der Waals surface area contributed by atoms with Crippen LogP contribution in [0.25, 0.3) is 0 Å². The zero-order valence-corrected chi connectivity index (χ0v) is 16.7. The summed E-state index contributed by atoms with van der Waals surface area (Å²) in [6.07, 6.45) is 1.51. The lowest BCUT2D eigenvalue weighted by atomic mass is 10.1. The minimum Gasteiger partial charge on any atom is -0.438 e. The van der Waals surface area contributed by atoms with E-state index in [1.54, 1.807) is 43.3 Å². The van der Waals surface area contributed by atoms with Crippen molar-refractivity contribution in [3.8, 4) is 17.7 Å². The maximum atomic E-state index is 13.2. The number of halogens is 1. The Hall–Kier alpha value is -4.25. The van der Waals surface area contributed by atoms with E-state index in [1.807, 2.05) is 6.07 Å². The van der Waals surface area contributed by atoms with Crippen LogP contribution < -0.4 is 15.4 Å². The fraction of sp³-hybridized carbons (Fsp3) is 0.130. The molecular formula is C23H19FN4O3. The van der Waals surface area contributed by atoms with Crippen molar-refractivity contribution in [1.29, 1.82) is 5.26 Å². The minimum atomic E-state index is -0.419. The molecule has 0 aliphatic carbocycles. The molecule has 0 aliphatic rings. The number of pyridine rings is 1.